The van der Waals surface area contributed by atoms with Gasteiger partial charge >= 0.3 is 0 Å². The van der Waals surface area contributed by atoms with Gasteiger partial charge in [-0.25, -0.2) is 0 Å². The standard InChI is InChI=1S/C17H20N2/c1-4-5-6-16-11-14(9-10-18-16)17-8-7-15(12-19-17)13(2)3/h4-5,7-13H,6H2,1-3H3. The maximum atomic E-state index is 4.55. The Kier molecular flexibility index (Phi) is 4.45. The number of nitrogens with zero attached hydrogens (tertiary/aromatic N) is 2. The summed E-state index contributed by atoms with van der Waals surface area (Å²) in [6, 6.07) is 8.36. The van der Waals surface area contributed by atoms with E-state index in [-0.39, 0.29) is 0 Å². The van der Waals surface area contributed by atoms with Crippen molar-refractivity contribution in [2.45, 2.75) is 33.1 Å². The molecule has 0 saturated heterocycles. The summed E-state index contributed by atoms with van der Waals surface area (Å²) in [6.07, 6.45) is 8.85. The lowest BCUT2D eigenvalue weighted by Gasteiger charge is -2.07. The molecule has 2 nitrogen and oxygen atoms in total. The first-order chi connectivity index (χ1) is 9.20. The Hall–Kier alpha value is -1.96. The van der Waals surface area contributed by atoms with Gasteiger partial charge in [0, 0.05) is 30.1 Å². The average molecular weight is 252 g/mol. The predicted molar refractivity (Wildman–Crippen MR) is 80.1 cm³/mol. The molecule has 0 unspecified atom stereocenters. The van der Waals surface area contributed by atoms with E-state index < -0.39 is 0 Å². The molecule has 0 aliphatic carbocycles. The van der Waals surface area contributed by atoms with Gasteiger partial charge in [-0.1, -0.05) is 32.1 Å². The van der Waals surface area contributed by atoms with Crippen molar-refractivity contribution in [1.82, 2.24) is 9.97 Å². The van der Waals surface area contributed by atoms with Crippen molar-refractivity contribution in [3.63, 3.8) is 0 Å². The van der Waals surface area contributed by atoms with E-state index in [4.69, 9.17) is 0 Å². The summed E-state index contributed by atoms with van der Waals surface area (Å²) in [7, 11) is 0. The lowest BCUT2D eigenvalue weighted by molar-refractivity contribution is 0.859. The molecule has 0 fully saturated rings. The Morgan fingerprint density at radius 1 is 1.16 bits per heavy atom. The maximum absolute atomic E-state index is 4.55. The molecule has 0 atom stereocenters. The van der Waals surface area contributed by atoms with E-state index in [0.29, 0.717) is 5.92 Å². The van der Waals surface area contributed by atoms with Gasteiger partial charge in [0.25, 0.3) is 0 Å². The Morgan fingerprint density at radius 2 is 2.00 bits per heavy atom. The van der Waals surface area contributed by atoms with E-state index in [2.05, 4.69) is 48.1 Å². The molecular formula is C17H20N2. The first-order valence-corrected chi connectivity index (χ1v) is 6.73. The molecule has 2 rings (SSSR count). The highest BCUT2D eigenvalue weighted by atomic mass is 14.7. The number of allylic oxidation sites excluding steroid dienone is 2. The highest BCUT2D eigenvalue weighted by molar-refractivity contribution is 5.59. The predicted octanol–water partition coefficient (Wildman–Crippen LogP) is 4.39. The quantitative estimate of drug-likeness (QED) is 0.754. The van der Waals surface area contributed by atoms with Gasteiger partial charge in [0.1, 0.15) is 0 Å². The monoisotopic (exact) mass is 252 g/mol. The third kappa shape index (κ3) is 3.50. The number of aromatic nitrogens is 2. The molecule has 0 amide bonds. The van der Waals surface area contributed by atoms with Crippen molar-refractivity contribution in [2.75, 3.05) is 0 Å². The van der Waals surface area contributed by atoms with E-state index in [9.17, 15) is 0 Å². The van der Waals surface area contributed by atoms with Crippen LogP contribution in [0, 0.1) is 0 Å². The zero-order valence-electron chi connectivity index (χ0n) is 11.8. The van der Waals surface area contributed by atoms with E-state index in [0.717, 1.165) is 23.4 Å². The molecule has 0 aliphatic heterocycles. The molecule has 19 heavy (non-hydrogen) atoms. The van der Waals surface area contributed by atoms with Gasteiger partial charge in [0.05, 0.1) is 5.69 Å². The Morgan fingerprint density at radius 3 is 2.63 bits per heavy atom. The van der Waals surface area contributed by atoms with Crippen molar-refractivity contribution in [3.8, 4) is 11.3 Å². The van der Waals surface area contributed by atoms with E-state index in [1.165, 1.54) is 5.56 Å². The Labute approximate surface area is 115 Å². The van der Waals surface area contributed by atoms with Crippen LogP contribution >= 0.6 is 0 Å². The van der Waals surface area contributed by atoms with Gasteiger partial charge in [-0.15, -0.1) is 0 Å². The summed E-state index contributed by atoms with van der Waals surface area (Å²) < 4.78 is 0. The lowest BCUT2D eigenvalue weighted by Crippen LogP contribution is -1.92. The van der Waals surface area contributed by atoms with Crippen LogP contribution in [0.15, 0.2) is 48.8 Å². The van der Waals surface area contributed by atoms with Crippen LogP contribution in [0.4, 0.5) is 0 Å². The number of pyridine rings is 2. The molecule has 0 N–H and O–H groups in total. The van der Waals surface area contributed by atoms with Crippen LogP contribution in [0.1, 0.15) is 37.9 Å². The Balaban J connectivity index is 2.25. The molecule has 2 aromatic rings. The molecule has 0 spiro atoms. The summed E-state index contributed by atoms with van der Waals surface area (Å²) in [5.74, 6) is 0.518. The van der Waals surface area contributed by atoms with Gasteiger partial charge in [-0.05, 0) is 36.6 Å². The van der Waals surface area contributed by atoms with Gasteiger partial charge in [-0.2, -0.15) is 0 Å². The largest absolute Gasteiger partial charge is 0.261 e. The molecule has 0 saturated carbocycles. The zero-order valence-corrected chi connectivity index (χ0v) is 11.8. The van der Waals surface area contributed by atoms with Gasteiger partial charge in [0.2, 0.25) is 0 Å². The fourth-order valence-corrected chi connectivity index (χ4v) is 1.91. The first kappa shape index (κ1) is 13.5. The van der Waals surface area contributed by atoms with Crippen molar-refractivity contribution in [2.24, 2.45) is 0 Å². The molecule has 2 heterocycles. The fraction of sp³-hybridized carbons (Fsp3) is 0.294. The second-order valence-electron chi connectivity index (χ2n) is 4.94. The van der Waals surface area contributed by atoms with Crippen LogP contribution in [0.25, 0.3) is 11.3 Å². The van der Waals surface area contributed by atoms with E-state index in [1.54, 1.807) is 0 Å². The van der Waals surface area contributed by atoms with E-state index >= 15 is 0 Å². The average Bonchev–Trinajstić information content (AvgIpc) is 2.45. The topological polar surface area (TPSA) is 25.8 Å². The third-order valence-corrected chi connectivity index (χ3v) is 3.13. The normalized spacial score (nSPS) is 11.4. The summed E-state index contributed by atoms with van der Waals surface area (Å²) in [5.41, 5.74) is 4.48. The van der Waals surface area contributed by atoms with Crippen LogP contribution in [0.5, 0.6) is 0 Å². The minimum Gasteiger partial charge on any atom is -0.261 e. The van der Waals surface area contributed by atoms with Gasteiger partial charge in [0.15, 0.2) is 0 Å². The van der Waals surface area contributed by atoms with Gasteiger partial charge in [-0.3, -0.25) is 9.97 Å². The van der Waals surface area contributed by atoms with Crippen molar-refractivity contribution < 1.29 is 0 Å². The van der Waals surface area contributed by atoms with Crippen molar-refractivity contribution in [1.29, 1.82) is 0 Å². The molecular weight excluding hydrogens is 232 g/mol. The van der Waals surface area contributed by atoms with Crippen LogP contribution in [-0.4, -0.2) is 9.97 Å². The van der Waals surface area contributed by atoms with Gasteiger partial charge < -0.3 is 0 Å². The number of hydrogen-bond acceptors (Lipinski definition) is 2. The molecule has 98 valence electrons. The second-order valence-corrected chi connectivity index (χ2v) is 4.94. The maximum Gasteiger partial charge on any atom is 0.0703 e. The van der Waals surface area contributed by atoms with Crippen molar-refractivity contribution >= 4 is 0 Å². The SMILES string of the molecule is CC=CCc1cc(-c2ccc(C(C)C)cn2)ccn1. The highest BCUT2D eigenvalue weighted by Crippen LogP contribution is 2.20. The molecule has 2 heteroatoms. The van der Waals surface area contributed by atoms with Crippen LogP contribution in [0.3, 0.4) is 0 Å². The zero-order chi connectivity index (χ0) is 13.7. The molecule has 2 aromatic heterocycles. The molecule has 0 bridgehead atoms. The lowest BCUT2D eigenvalue weighted by atomic mass is 10.0. The van der Waals surface area contributed by atoms with Crippen LogP contribution < -0.4 is 0 Å². The van der Waals surface area contributed by atoms with E-state index in [1.807, 2.05) is 31.5 Å². The minimum atomic E-state index is 0.518. The summed E-state index contributed by atoms with van der Waals surface area (Å²) >= 11 is 0. The third-order valence-electron chi connectivity index (χ3n) is 3.13. The summed E-state index contributed by atoms with van der Waals surface area (Å²) in [5, 5.41) is 0. The van der Waals surface area contributed by atoms with Crippen LogP contribution in [0.2, 0.25) is 0 Å². The summed E-state index contributed by atoms with van der Waals surface area (Å²) in [6.45, 7) is 6.38. The minimum absolute atomic E-state index is 0.518. The smallest absolute Gasteiger partial charge is 0.0703 e. The Bertz CT molecular complexity index is 554. The summed E-state index contributed by atoms with van der Waals surface area (Å²) in [4.78, 5) is 8.91. The molecule has 0 radical (unpaired) electrons. The molecule has 0 aromatic carbocycles. The van der Waals surface area contributed by atoms with Crippen LogP contribution in [-0.2, 0) is 6.42 Å². The number of rotatable bonds is 4. The first-order valence-electron chi connectivity index (χ1n) is 6.73. The second kappa shape index (κ2) is 6.28. The fourth-order valence-electron chi connectivity index (χ4n) is 1.91. The number of hydrogen-bond donors (Lipinski definition) is 0. The van der Waals surface area contributed by atoms with Crippen molar-refractivity contribution in [3.05, 3.63) is 60.1 Å². The molecule has 0 aliphatic rings. The highest BCUT2D eigenvalue weighted by Gasteiger charge is 2.03.